The Hall–Kier alpha value is -1.60. The van der Waals surface area contributed by atoms with Crippen molar-refractivity contribution in [2.75, 3.05) is 6.54 Å². The van der Waals surface area contributed by atoms with Gasteiger partial charge in [0.15, 0.2) is 0 Å². The summed E-state index contributed by atoms with van der Waals surface area (Å²) in [5.74, 6) is 0.519. The fraction of sp³-hybridized carbons (Fsp3) is 0.455. The van der Waals surface area contributed by atoms with Crippen LogP contribution in [0.15, 0.2) is 48.5 Å². The van der Waals surface area contributed by atoms with E-state index in [0.29, 0.717) is 5.92 Å². The van der Waals surface area contributed by atoms with E-state index in [1.165, 1.54) is 60.8 Å². The third-order valence-electron chi connectivity index (χ3n) is 4.66. The average Bonchev–Trinajstić information content (AvgIpc) is 2.57. The molecule has 0 aliphatic heterocycles. The van der Waals surface area contributed by atoms with E-state index in [0.717, 1.165) is 6.54 Å². The van der Waals surface area contributed by atoms with Gasteiger partial charge in [-0.15, -0.1) is 0 Å². The molecule has 0 fully saturated rings. The first kappa shape index (κ1) is 17.7. The molecule has 0 amide bonds. The van der Waals surface area contributed by atoms with Crippen LogP contribution in [0, 0.1) is 13.8 Å². The molecular formula is C22H31N. The summed E-state index contributed by atoms with van der Waals surface area (Å²) in [5, 5.41) is 0. The van der Waals surface area contributed by atoms with E-state index >= 15 is 0 Å². The van der Waals surface area contributed by atoms with E-state index in [1.54, 1.807) is 0 Å². The number of hydrogen-bond acceptors (Lipinski definition) is 1. The maximum atomic E-state index is 5.57. The minimum atomic E-state index is 0.519. The number of benzene rings is 2. The molecule has 1 nitrogen and oxygen atoms in total. The molecule has 0 heterocycles. The third kappa shape index (κ3) is 5.84. The van der Waals surface area contributed by atoms with Gasteiger partial charge in [-0.3, -0.25) is 0 Å². The van der Waals surface area contributed by atoms with E-state index < -0.39 is 0 Å². The molecule has 0 saturated heterocycles. The maximum Gasteiger partial charge on any atom is 0.00893 e. The van der Waals surface area contributed by atoms with Gasteiger partial charge in [-0.25, -0.2) is 0 Å². The highest BCUT2D eigenvalue weighted by Gasteiger charge is 2.13. The standard InChI is InChI=1S/C22H31N/c1-18-9-13-20(14-10-18)22(8-6-4-3-5-7-17-23)21-15-11-19(2)12-16-21/h9-16,22H,3-8,17,23H2,1-2H3. The van der Waals surface area contributed by atoms with Gasteiger partial charge in [-0.05, 0) is 44.4 Å². The van der Waals surface area contributed by atoms with Gasteiger partial charge in [0, 0.05) is 5.92 Å². The highest BCUT2D eigenvalue weighted by atomic mass is 14.5. The van der Waals surface area contributed by atoms with Crippen molar-refractivity contribution < 1.29 is 0 Å². The minimum Gasteiger partial charge on any atom is -0.330 e. The zero-order chi connectivity index (χ0) is 16.5. The van der Waals surface area contributed by atoms with Gasteiger partial charge in [0.25, 0.3) is 0 Å². The van der Waals surface area contributed by atoms with Crippen LogP contribution in [0.5, 0.6) is 0 Å². The first-order valence-electron chi connectivity index (χ1n) is 9.04. The molecule has 0 unspecified atom stereocenters. The molecule has 2 aromatic rings. The minimum absolute atomic E-state index is 0.519. The van der Waals surface area contributed by atoms with Gasteiger partial charge in [-0.2, -0.15) is 0 Å². The van der Waals surface area contributed by atoms with Gasteiger partial charge in [0.1, 0.15) is 0 Å². The Balaban J connectivity index is 2.02. The van der Waals surface area contributed by atoms with Crippen molar-refractivity contribution >= 4 is 0 Å². The van der Waals surface area contributed by atoms with Crippen LogP contribution in [0.25, 0.3) is 0 Å². The first-order chi connectivity index (χ1) is 11.2. The SMILES string of the molecule is Cc1ccc(C(CCCCCCCN)c2ccc(C)cc2)cc1. The Bertz CT molecular complexity index is 508. The molecule has 1 heteroatoms. The monoisotopic (exact) mass is 309 g/mol. The summed E-state index contributed by atoms with van der Waals surface area (Å²) in [6.07, 6.45) is 7.58. The molecule has 0 bridgehead atoms. The Kier molecular flexibility index (Phi) is 7.35. The largest absolute Gasteiger partial charge is 0.330 e. The van der Waals surface area contributed by atoms with Gasteiger partial charge in [-0.1, -0.05) is 85.3 Å². The second-order valence-electron chi connectivity index (χ2n) is 6.72. The number of rotatable bonds is 9. The fourth-order valence-corrected chi connectivity index (χ4v) is 3.15. The first-order valence-corrected chi connectivity index (χ1v) is 9.04. The molecule has 124 valence electrons. The van der Waals surface area contributed by atoms with Crippen LogP contribution in [-0.2, 0) is 0 Å². The molecule has 0 aliphatic rings. The van der Waals surface area contributed by atoms with Crippen molar-refractivity contribution in [2.45, 2.75) is 58.3 Å². The predicted octanol–water partition coefficient (Wildman–Crippen LogP) is 5.73. The van der Waals surface area contributed by atoms with Crippen LogP contribution >= 0.6 is 0 Å². The van der Waals surface area contributed by atoms with E-state index in [1.807, 2.05) is 0 Å². The molecule has 2 rings (SSSR count). The van der Waals surface area contributed by atoms with Crippen LogP contribution in [0.2, 0.25) is 0 Å². The Morgan fingerprint density at radius 1 is 0.652 bits per heavy atom. The Morgan fingerprint density at radius 3 is 1.57 bits per heavy atom. The summed E-state index contributed by atoms with van der Waals surface area (Å²) in [4.78, 5) is 0. The van der Waals surface area contributed by atoms with Gasteiger partial charge >= 0.3 is 0 Å². The van der Waals surface area contributed by atoms with Crippen molar-refractivity contribution in [3.8, 4) is 0 Å². The van der Waals surface area contributed by atoms with Crippen molar-refractivity contribution in [1.82, 2.24) is 0 Å². The van der Waals surface area contributed by atoms with Crippen LogP contribution in [0.1, 0.15) is 66.7 Å². The number of unbranched alkanes of at least 4 members (excludes halogenated alkanes) is 4. The van der Waals surface area contributed by atoms with E-state index in [9.17, 15) is 0 Å². The molecule has 0 radical (unpaired) electrons. The third-order valence-corrected chi connectivity index (χ3v) is 4.66. The summed E-state index contributed by atoms with van der Waals surface area (Å²) < 4.78 is 0. The lowest BCUT2D eigenvalue weighted by Crippen LogP contribution is -2.02. The summed E-state index contributed by atoms with van der Waals surface area (Å²) in [7, 11) is 0. The lowest BCUT2D eigenvalue weighted by molar-refractivity contribution is 0.574. The number of nitrogens with two attached hydrogens (primary N) is 1. The smallest absolute Gasteiger partial charge is 0.00893 e. The van der Waals surface area contributed by atoms with Crippen LogP contribution in [0.3, 0.4) is 0 Å². The molecular weight excluding hydrogens is 278 g/mol. The van der Waals surface area contributed by atoms with Gasteiger partial charge in [0.05, 0.1) is 0 Å². The van der Waals surface area contributed by atoms with Crippen molar-refractivity contribution in [2.24, 2.45) is 5.73 Å². The summed E-state index contributed by atoms with van der Waals surface area (Å²) >= 11 is 0. The lowest BCUT2D eigenvalue weighted by atomic mass is 9.86. The lowest BCUT2D eigenvalue weighted by Gasteiger charge is -2.19. The summed E-state index contributed by atoms with van der Waals surface area (Å²) in [5.41, 5.74) is 11.1. The predicted molar refractivity (Wildman–Crippen MR) is 101 cm³/mol. The molecule has 23 heavy (non-hydrogen) atoms. The molecule has 2 N–H and O–H groups in total. The zero-order valence-electron chi connectivity index (χ0n) is 14.7. The van der Waals surface area contributed by atoms with Crippen LogP contribution in [0.4, 0.5) is 0 Å². The summed E-state index contributed by atoms with van der Waals surface area (Å²) in [6, 6.07) is 18.1. The van der Waals surface area contributed by atoms with E-state index in [-0.39, 0.29) is 0 Å². The van der Waals surface area contributed by atoms with Crippen molar-refractivity contribution in [1.29, 1.82) is 0 Å². The highest BCUT2D eigenvalue weighted by Crippen LogP contribution is 2.30. The maximum absolute atomic E-state index is 5.57. The quantitative estimate of drug-likeness (QED) is 0.588. The zero-order valence-corrected chi connectivity index (χ0v) is 14.7. The van der Waals surface area contributed by atoms with Gasteiger partial charge in [0.2, 0.25) is 0 Å². The number of hydrogen-bond donors (Lipinski definition) is 1. The average molecular weight is 309 g/mol. The molecule has 0 aliphatic carbocycles. The van der Waals surface area contributed by atoms with E-state index in [4.69, 9.17) is 5.73 Å². The fourth-order valence-electron chi connectivity index (χ4n) is 3.15. The second kappa shape index (κ2) is 9.52. The molecule has 0 atom stereocenters. The molecule has 2 aromatic carbocycles. The Morgan fingerprint density at radius 2 is 1.09 bits per heavy atom. The van der Waals surface area contributed by atoms with Crippen molar-refractivity contribution in [3.63, 3.8) is 0 Å². The molecule has 0 spiro atoms. The topological polar surface area (TPSA) is 26.0 Å². The normalized spacial score (nSPS) is 11.1. The van der Waals surface area contributed by atoms with E-state index in [2.05, 4.69) is 62.4 Å². The highest BCUT2D eigenvalue weighted by molar-refractivity contribution is 5.35. The Labute approximate surface area is 141 Å². The van der Waals surface area contributed by atoms with Crippen molar-refractivity contribution in [3.05, 3.63) is 70.8 Å². The molecule has 0 aromatic heterocycles. The van der Waals surface area contributed by atoms with Crippen LogP contribution < -0.4 is 5.73 Å². The second-order valence-corrected chi connectivity index (χ2v) is 6.72. The summed E-state index contributed by atoms with van der Waals surface area (Å²) in [6.45, 7) is 5.14. The van der Waals surface area contributed by atoms with Gasteiger partial charge < -0.3 is 5.73 Å². The number of aryl methyl sites for hydroxylation is 2. The molecule has 0 saturated carbocycles. The van der Waals surface area contributed by atoms with Crippen LogP contribution in [-0.4, -0.2) is 6.54 Å².